The van der Waals surface area contributed by atoms with Crippen molar-refractivity contribution in [3.63, 3.8) is 0 Å². The molecule has 0 atom stereocenters. The van der Waals surface area contributed by atoms with Gasteiger partial charge in [0, 0.05) is 18.3 Å². The smallest absolute Gasteiger partial charge is 0.322 e. The first-order valence-corrected chi connectivity index (χ1v) is 6.24. The molecule has 1 heterocycles. The first-order chi connectivity index (χ1) is 9.71. The van der Waals surface area contributed by atoms with Crippen molar-refractivity contribution in [2.24, 2.45) is 5.73 Å². The van der Waals surface area contributed by atoms with Crippen molar-refractivity contribution >= 4 is 23.2 Å². The Labute approximate surface area is 121 Å². The zero-order chi connectivity index (χ0) is 14.4. The normalized spacial score (nSPS) is 10.2. The highest BCUT2D eigenvalue weighted by Crippen LogP contribution is 2.21. The van der Waals surface area contributed by atoms with Crippen molar-refractivity contribution < 1.29 is 9.47 Å². The number of methoxy groups -OCH3 is 1. The lowest BCUT2D eigenvalue weighted by Gasteiger charge is -2.08. The Bertz CT molecular complexity index is 582. The van der Waals surface area contributed by atoms with Crippen molar-refractivity contribution in [3.05, 3.63) is 29.5 Å². The van der Waals surface area contributed by atoms with E-state index in [4.69, 9.17) is 26.8 Å². The van der Waals surface area contributed by atoms with Gasteiger partial charge in [0.05, 0.1) is 7.11 Å². The van der Waals surface area contributed by atoms with Gasteiger partial charge in [-0.15, -0.1) is 0 Å². The maximum absolute atomic E-state index is 5.77. The quantitative estimate of drug-likeness (QED) is 0.836. The fourth-order valence-electron chi connectivity index (χ4n) is 1.45. The molecule has 0 aliphatic rings. The molecule has 0 aliphatic carbocycles. The van der Waals surface area contributed by atoms with Crippen LogP contribution in [0.3, 0.4) is 0 Å². The number of hydrogen-bond donors (Lipinski definition) is 2. The minimum Gasteiger partial charge on any atom is -0.492 e. The Morgan fingerprint density at radius 2 is 2.15 bits per heavy atom. The van der Waals surface area contributed by atoms with Crippen LogP contribution in [0.4, 0.5) is 11.6 Å². The number of ether oxygens (including phenoxy) is 2. The third-order valence-corrected chi connectivity index (χ3v) is 2.42. The van der Waals surface area contributed by atoms with E-state index in [2.05, 4.69) is 20.3 Å². The summed E-state index contributed by atoms with van der Waals surface area (Å²) in [5.74, 6) is 0.991. The van der Waals surface area contributed by atoms with Crippen LogP contribution in [0.25, 0.3) is 0 Å². The van der Waals surface area contributed by atoms with Gasteiger partial charge in [0.15, 0.2) is 0 Å². The largest absolute Gasteiger partial charge is 0.492 e. The van der Waals surface area contributed by atoms with E-state index >= 15 is 0 Å². The summed E-state index contributed by atoms with van der Waals surface area (Å²) in [4.78, 5) is 11.8. The Kier molecular flexibility index (Phi) is 4.91. The predicted molar refractivity (Wildman–Crippen MR) is 75.7 cm³/mol. The molecule has 8 heteroatoms. The molecule has 7 nitrogen and oxygen atoms in total. The van der Waals surface area contributed by atoms with Crippen LogP contribution in [0.5, 0.6) is 11.8 Å². The van der Waals surface area contributed by atoms with Crippen molar-refractivity contribution in [1.29, 1.82) is 0 Å². The Morgan fingerprint density at radius 1 is 1.30 bits per heavy atom. The molecule has 0 spiro atoms. The Balaban J connectivity index is 2.15. The first kappa shape index (κ1) is 14.3. The Hall–Kier alpha value is -2.12. The summed E-state index contributed by atoms with van der Waals surface area (Å²) >= 11 is 5.77. The average molecular weight is 296 g/mol. The average Bonchev–Trinajstić information content (AvgIpc) is 2.45. The van der Waals surface area contributed by atoms with Crippen LogP contribution in [0, 0.1) is 0 Å². The van der Waals surface area contributed by atoms with Crippen LogP contribution in [0.15, 0.2) is 24.3 Å². The molecule has 2 aromatic rings. The molecular formula is C12H14ClN5O2. The molecule has 0 aliphatic heterocycles. The van der Waals surface area contributed by atoms with Gasteiger partial charge in [-0.05, 0) is 23.7 Å². The summed E-state index contributed by atoms with van der Waals surface area (Å²) in [6.07, 6.45) is 0. The van der Waals surface area contributed by atoms with Crippen molar-refractivity contribution in [2.45, 2.75) is 0 Å². The Morgan fingerprint density at radius 3 is 2.90 bits per heavy atom. The molecule has 0 saturated carbocycles. The number of nitrogens with two attached hydrogens (primary N) is 1. The van der Waals surface area contributed by atoms with E-state index in [0.717, 1.165) is 5.69 Å². The van der Waals surface area contributed by atoms with Gasteiger partial charge in [0.2, 0.25) is 11.2 Å². The van der Waals surface area contributed by atoms with Crippen molar-refractivity contribution in [2.75, 3.05) is 25.6 Å². The highest BCUT2D eigenvalue weighted by atomic mass is 35.5. The van der Waals surface area contributed by atoms with Crippen LogP contribution in [0.2, 0.25) is 5.28 Å². The third kappa shape index (κ3) is 3.94. The second-order valence-corrected chi connectivity index (χ2v) is 4.04. The van der Waals surface area contributed by atoms with Gasteiger partial charge in [-0.25, -0.2) is 0 Å². The number of nitrogens with zero attached hydrogens (tertiary/aromatic N) is 3. The van der Waals surface area contributed by atoms with Gasteiger partial charge in [-0.3, -0.25) is 0 Å². The summed E-state index contributed by atoms with van der Waals surface area (Å²) in [7, 11) is 1.46. The van der Waals surface area contributed by atoms with Crippen LogP contribution < -0.4 is 20.5 Å². The van der Waals surface area contributed by atoms with E-state index < -0.39 is 0 Å². The molecule has 3 N–H and O–H groups in total. The second kappa shape index (κ2) is 6.88. The van der Waals surface area contributed by atoms with E-state index in [1.165, 1.54) is 7.11 Å². The number of anilines is 2. The van der Waals surface area contributed by atoms with Gasteiger partial charge in [0.1, 0.15) is 12.4 Å². The number of halogens is 1. The number of aromatic nitrogens is 3. The molecule has 0 radical (unpaired) electrons. The summed E-state index contributed by atoms with van der Waals surface area (Å²) in [5, 5.41) is 3.05. The molecule has 0 unspecified atom stereocenters. The molecule has 2 rings (SSSR count). The molecule has 0 amide bonds. The summed E-state index contributed by atoms with van der Waals surface area (Å²) in [6, 6.07) is 7.47. The molecule has 1 aromatic carbocycles. The third-order valence-electron chi connectivity index (χ3n) is 2.25. The molecular weight excluding hydrogens is 282 g/mol. The van der Waals surface area contributed by atoms with Gasteiger partial charge in [-0.1, -0.05) is 6.07 Å². The van der Waals surface area contributed by atoms with Crippen LogP contribution >= 0.6 is 11.6 Å². The van der Waals surface area contributed by atoms with Crippen LogP contribution in [-0.4, -0.2) is 35.2 Å². The predicted octanol–water partition coefficient (Wildman–Crippen LogP) is 1.61. The van der Waals surface area contributed by atoms with E-state index in [1.807, 2.05) is 18.2 Å². The van der Waals surface area contributed by atoms with Gasteiger partial charge >= 0.3 is 6.01 Å². The highest BCUT2D eigenvalue weighted by Gasteiger charge is 2.06. The zero-order valence-corrected chi connectivity index (χ0v) is 11.6. The SMILES string of the molecule is COc1nc(Cl)nc(Nc2cccc(OCCN)c2)n1. The van der Waals surface area contributed by atoms with Gasteiger partial charge in [0.25, 0.3) is 0 Å². The molecule has 1 aromatic heterocycles. The molecule has 0 bridgehead atoms. The molecule has 106 valence electrons. The fourth-order valence-corrected chi connectivity index (χ4v) is 1.60. The highest BCUT2D eigenvalue weighted by molar-refractivity contribution is 6.28. The summed E-state index contributed by atoms with van der Waals surface area (Å²) in [6.45, 7) is 0.910. The lowest BCUT2D eigenvalue weighted by molar-refractivity contribution is 0.328. The fraction of sp³-hybridized carbons (Fsp3) is 0.250. The van der Waals surface area contributed by atoms with Crippen molar-refractivity contribution in [3.8, 4) is 11.8 Å². The van der Waals surface area contributed by atoms with Gasteiger partial charge < -0.3 is 20.5 Å². The number of rotatable bonds is 6. The topological polar surface area (TPSA) is 95.2 Å². The monoisotopic (exact) mass is 295 g/mol. The zero-order valence-electron chi connectivity index (χ0n) is 10.8. The van der Waals surface area contributed by atoms with Crippen LogP contribution in [0.1, 0.15) is 0 Å². The van der Waals surface area contributed by atoms with E-state index in [9.17, 15) is 0 Å². The van der Waals surface area contributed by atoms with Crippen LogP contribution in [-0.2, 0) is 0 Å². The molecule has 0 fully saturated rings. The first-order valence-electron chi connectivity index (χ1n) is 5.87. The standard InChI is InChI=1S/C12H14ClN5O2/c1-19-12-17-10(13)16-11(18-12)15-8-3-2-4-9(7-8)20-6-5-14/h2-4,7H,5-6,14H2,1H3,(H,15,16,17,18). The lowest BCUT2D eigenvalue weighted by atomic mass is 10.3. The number of benzene rings is 1. The molecule has 0 saturated heterocycles. The summed E-state index contributed by atoms with van der Waals surface area (Å²) in [5.41, 5.74) is 6.14. The minimum atomic E-state index is 0.0508. The molecule has 20 heavy (non-hydrogen) atoms. The second-order valence-electron chi connectivity index (χ2n) is 3.70. The van der Waals surface area contributed by atoms with E-state index in [1.54, 1.807) is 6.07 Å². The van der Waals surface area contributed by atoms with E-state index in [0.29, 0.717) is 18.9 Å². The van der Waals surface area contributed by atoms with E-state index in [-0.39, 0.29) is 17.2 Å². The maximum atomic E-state index is 5.77. The number of nitrogens with one attached hydrogen (secondary N) is 1. The van der Waals surface area contributed by atoms with Gasteiger partial charge in [-0.2, -0.15) is 15.0 Å². The minimum absolute atomic E-state index is 0.0508. The summed E-state index contributed by atoms with van der Waals surface area (Å²) < 4.78 is 10.4. The van der Waals surface area contributed by atoms with Crippen molar-refractivity contribution in [1.82, 2.24) is 15.0 Å². The number of hydrogen-bond acceptors (Lipinski definition) is 7. The maximum Gasteiger partial charge on any atom is 0.322 e. The lowest BCUT2D eigenvalue weighted by Crippen LogP contribution is -2.10.